The number of likely N-dealkylation sites (N-methyl/N-ethyl adjacent to an activating group) is 2. The number of hydrogen-bond acceptors (Lipinski definition) is 6. The summed E-state index contributed by atoms with van der Waals surface area (Å²) in [6, 6.07) is 4.36. The number of hydrogen-bond donors (Lipinski definition) is 1. The van der Waals surface area contributed by atoms with Gasteiger partial charge in [-0.05, 0) is 33.0 Å². The molecule has 0 bridgehead atoms. The minimum Gasteiger partial charge on any atom is -0.493 e. The minimum atomic E-state index is -0.715. The zero-order valence-corrected chi connectivity index (χ0v) is 18.1. The summed E-state index contributed by atoms with van der Waals surface area (Å²) in [5, 5.41) is 2.91. The van der Waals surface area contributed by atoms with Gasteiger partial charge in [0.1, 0.15) is 0 Å². The second kappa shape index (κ2) is 10.2. The Bertz CT molecular complexity index is 778. The molecule has 2 amide bonds. The average molecular weight is 405 g/mol. The summed E-state index contributed by atoms with van der Waals surface area (Å²) < 4.78 is 16.3. The number of benzene rings is 1. The average Bonchev–Trinajstić information content (AvgIpc) is 2.70. The van der Waals surface area contributed by atoms with E-state index < -0.39 is 12.0 Å². The van der Waals surface area contributed by atoms with E-state index in [-0.39, 0.29) is 12.6 Å². The molecular weight excluding hydrogens is 374 g/mol. The van der Waals surface area contributed by atoms with Crippen molar-refractivity contribution < 1.29 is 23.8 Å². The highest BCUT2D eigenvalue weighted by Crippen LogP contribution is 2.40. The van der Waals surface area contributed by atoms with E-state index in [1.54, 1.807) is 33.2 Å². The van der Waals surface area contributed by atoms with Crippen LogP contribution in [0.15, 0.2) is 29.5 Å². The number of methoxy groups -OCH3 is 2. The van der Waals surface area contributed by atoms with E-state index >= 15 is 0 Å². The minimum absolute atomic E-state index is 0.236. The van der Waals surface area contributed by atoms with E-state index in [9.17, 15) is 9.59 Å². The van der Waals surface area contributed by atoms with Gasteiger partial charge in [0.05, 0.1) is 32.4 Å². The predicted molar refractivity (Wildman–Crippen MR) is 110 cm³/mol. The van der Waals surface area contributed by atoms with Gasteiger partial charge in [-0.3, -0.25) is 4.90 Å². The smallest absolute Gasteiger partial charge is 0.338 e. The molecule has 1 unspecified atom stereocenters. The Labute approximate surface area is 172 Å². The van der Waals surface area contributed by atoms with Gasteiger partial charge in [0.25, 0.3) is 0 Å². The highest BCUT2D eigenvalue weighted by Gasteiger charge is 2.38. The largest absolute Gasteiger partial charge is 0.493 e. The van der Waals surface area contributed by atoms with E-state index in [1.165, 1.54) is 12.0 Å². The molecule has 1 aliphatic rings. The van der Waals surface area contributed by atoms with Crippen molar-refractivity contribution >= 4 is 12.0 Å². The fraction of sp³-hybridized carbons (Fsp3) is 0.524. The Hall–Kier alpha value is -2.74. The molecular formula is C21H31N3O5. The zero-order valence-electron chi connectivity index (χ0n) is 18.1. The summed E-state index contributed by atoms with van der Waals surface area (Å²) >= 11 is 0. The third-order valence-corrected chi connectivity index (χ3v) is 4.84. The van der Waals surface area contributed by atoms with Gasteiger partial charge < -0.3 is 24.4 Å². The molecule has 0 saturated heterocycles. The van der Waals surface area contributed by atoms with Crippen LogP contribution in [0.3, 0.4) is 0 Å². The van der Waals surface area contributed by atoms with Gasteiger partial charge in [-0.1, -0.05) is 19.1 Å². The number of nitrogens with zero attached hydrogens (tertiary/aromatic N) is 2. The third-order valence-electron chi connectivity index (χ3n) is 4.84. The molecule has 0 aromatic heterocycles. The number of rotatable bonds is 9. The Morgan fingerprint density at radius 3 is 2.55 bits per heavy atom. The molecule has 0 spiro atoms. The number of carbonyl (C=O) groups is 2. The van der Waals surface area contributed by atoms with Gasteiger partial charge in [0.15, 0.2) is 11.5 Å². The number of nitrogens with one attached hydrogen (secondary N) is 1. The van der Waals surface area contributed by atoms with Crippen molar-refractivity contribution in [1.82, 2.24) is 15.1 Å². The standard InChI is InChI=1S/C21H31N3O5/c1-7-12-23(3)13-15-17(20(25)29-8-2)18(22-21(26)24(15)4)14-10-9-11-16(27-5)19(14)28-6/h9-11,18H,7-8,12-13H2,1-6H3,(H,22,26). The second-order valence-electron chi connectivity index (χ2n) is 6.84. The van der Waals surface area contributed by atoms with Crippen LogP contribution in [0.4, 0.5) is 4.79 Å². The van der Waals surface area contributed by atoms with Crippen molar-refractivity contribution in [1.29, 1.82) is 0 Å². The van der Waals surface area contributed by atoms with E-state index in [4.69, 9.17) is 14.2 Å². The molecule has 0 saturated carbocycles. The summed E-state index contributed by atoms with van der Waals surface area (Å²) in [6.45, 7) is 5.35. The fourth-order valence-electron chi connectivity index (χ4n) is 3.49. The summed E-state index contributed by atoms with van der Waals surface area (Å²) in [7, 11) is 6.69. The van der Waals surface area contributed by atoms with E-state index in [1.807, 2.05) is 13.1 Å². The summed E-state index contributed by atoms with van der Waals surface area (Å²) in [5.74, 6) is 0.521. The number of amides is 2. The van der Waals surface area contributed by atoms with Gasteiger partial charge in [-0.2, -0.15) is 0 Å². The lowest BCUT2D eigenvalue weighted by atomic mass is 9.93. The fourth-order valence-corrected chi connectivity index (χ4v) is 3.49. The monoisotopic (exact) mass is 405 g/mol. The molecule has 160 valence electrons. The Kier molecular flexibility index (Phi) is 7.90. The van der Waals surface area contributed by atoms with E-state index in [2.05, 4.69) is 17.1 Å². The number of esters is 1. The molecule has 0 radical (unpaired) electrons. The van der Waals surface area contributed by atoms with E-state index in [0.717, 1.165) is 13.0 Å². The van der Waals surface area contributed by atoms with Gasteiger partial charge in [-0.25, -0.2) is 9.59 Å². The molecule has 1 atom stereocenters. The Balaban J connectivity index is 2.67. The van der Waals surface area contributed by atoms with Crippen molar-refractivity contribution in [2.45, 2.75) is 26.3 Å². The van der Waals surface area contributed by atoms with Gasteiger partial charge in [0, 0.05) is 24.9 Å². The van der Waals surface area contributed by atoms with Crippen LogP contribution < -0.4 is 14.8 Å². The van der Waals surface area contributed by atoms with Crippen LogP contribution in [-0.2, 0) is 9.53 Å². The summed E-state index contributed by atoms with van der Waals surface area (Å²) in [6.07, 6.45) is 0.960. The molecule has 1 aromatic carbocycles. The number of para-hydroxylation sites is 1. The highest BCUT2D eigenvalue weighted by molar-refractivity contribution is 5.95. The van der Waals surface area contributed by atoms with Crippen molar-refractivity contribution in [3.05, 3.63) is 35.0 Å². The van der Waals surface area contributed by atoms with Crippen LogP contribution in [-0.4, -0.2) is 69.8 Å². The molecule has 1 aromatic rings. The van der Waals surface area contributed by atoms with Gasteiger partial charge >= 0.3 is 12.0 Å². The molecule has 2 rings (SSSR count). The summed E-state index contributed by atoms with van der Waals surface area (Å²) in [5.41, 5.74) is 1.63. The summed E-state index contributed by atoms with van der Waals surface area (Å²) in [4.78, 5) is 29.3. The van der Waals surface area contributed by atoms with Crippen LogP contribution >= 0.6 is 0 Å². The maximum atomic E-state index is 13.0. The maximum absolute atomic E-state index is 13.0. The lowest BCUT2D eigenvalue weighted by molar-refractivity contribution is -0.139. The normalized spacial score (nSPS) is 16.7. The molecule has 8 nitrogen and oxygen atoms in total. The topological polar surface area (TPSA) is 80.3 Å². The van der Waals surface area contributed by atoms with Crippen molar-refractivity contribution in [2.24, 2.45) is 0 Å². The zero-order chi connectivity index (χ0) is 21.6. The first-order chi connectivity index (χ1) is 13.9. The Morgan fingerprint density at radius 2 is 1.97 bits per heavy atom. The molecule has 1 heterocycles. The predicted octanol–water partition coefficient (Wildman–Crippen LogP) is 2.56. The van der Waals surface area contributed by atoms with Crippen molar-refractivity contribution in [3.8, 4) is 11.5 Å². The van der Waals surface area contributed by atoms with Crippen LogP contribution in [0.5, 0.6) is 11.5 Å². The second-order valence-corrected chi connectivity index (χ2v) is 6.84. The molecule has 1 aliphatic heterocycles. The lowest BCUT2D eigenvalue weighted by Crippen LogP contribution is -2.49. The molecule has 1 N–H and O–H groups in total. The third kappa shape index (κ3) is 4.82. The van der Waals surface area contributed by atoms with Crippen LogP contribution in [0.2, 0.25) is 0 Å². The first-order valence-corrected chi connectivity index (χ1v) is 9.73. The molecule has 0 aliphatic carbocycles. The molecule has 8 heteroatoms. The van der Waals surface area contributed by atoms with Crippen LogP contribution in [0.25, 0.3) is 0 Å². The van der Waals surface area contributed by atoms with Crippen molar-refractivity contribution in [2.75, 3.05) is 48.0 Å². The van der Waals surface area contributed by atoms with Gasteiger partial charge in [-0.15, -0.1) is 0 Å². The quantitative estimate of drug-likeness (QED) is 0.636. The Morgan fingerprint density at radius 1 is 1.24 bits per heavy atom. The maximum Gasteiger partial charge on any atom is 0.338 e. The lowest BCUT2D eigenvalue weighted by Gasteiger charge is -2.36. The number of urea groups is 1. The molecule has 29 heavy (non-hydrogen) atoms. The van der Waals surface area contributed by atoms with Gasteiger partial charge in [0.2, 0.25) is 0 Å². The van der Waals surface area contributed by atoms with Crippen LogP contribution in [0, 0.1) is 0 Å². The first-order valence-electron chi connectivity index (χ1n) is 9.73. The van der Waals surface area contributed by atoms with Crippen molar-refractivity contribution in [3.63, 3.8) is 0 Å². The number of ether oxygens (including phenoxy) is 3. The van der Waals surface area contributed by atoms with E-state index in [0.29, 0.717) is 34.9 Å². The van der Waals surface area contributed by atoms with Crippen LogP contribution in [0.1, 0.15) is 31.9 Å². The molecule has 0 fully saturated rings. The number of carbonyl (C=O) groups excluding carboxylic acids is 2. The SMILES string of the molecule is CCCN(C)CC1=C(C(=O)OCC)C(c2cccc(OC)c2OC)NC(=O)N1C. The first kappa shape index (κ1) is 22.5. The highest BCUT2D eigenvalue weighted by atomic mass is 16.5.